The molecule has 0 unspecified atom stereocenters. The number of carbonyl (C=O) groups is 3. The number of ether oxygens (including phenoxy) is 1. The standard InChI is InChI=1S/C15H26N2O4/c1-10-5-4-6-12(11(10)2)17-14(19)8-7-13(18)16-9-15(20)21-3/h10-12H,4-9H2,1-3H3,(H,16,18)(H,17,19)/t10-,11-,12+/m1/s1. The van der Waals surface area contributed by atoms with Gasteiger partial charge in [-0.3, -0.25) is 14.4 Å². The lowest BCUT2D eigenvalue weighted by atomic mass is 9.78. The van der Waals surface area contributed by atoms with Gasteiger partial charge in [0.15, 0.2) is 0 Å². The van der Waals surface area contributed by atoms with E-state index in [0.29, 0.717) is 11.8 Å². The van der Waals surface area contributed by atoms with Crippen molar-refractivity contribution in [1.29, 1.82) is 0 Å². The molecule has 1 aliphatic carbocycles. The van der Waals surface area contributed by atoms with Crippen LogP contribution in [0.5, 0.6) is 0 Å². The van der Waals surface area contributed by atoms with E-state index < -0.39 is 5.97 Å². The van der Waals surface area contributed by atoms with E-state index in [1.165, 1.54) is 13.5 Å². The quantitative estimate of drug-likeness (QED) is 0.716. The van der Waals surface area contributed by atoms with Crippen LogP contribution in [0.3, 0.4) is 0 Å². The second-order valence-electron chi connectivity index (χ2n) is 5.79. The maximum atomic E-state index is 11.9. The molecule has 0 saturated heterocycles. The Hall–Kier alpha value is -1.59. The zero-order valence-electron chi connectivity index (χ0n) is 13.1. The van der Waals surface area contributed by atoms with Crippen LogP contribution in [0.15, 0.2) is 0 Å². The zero-order valence-corrected chi connectivity index (χ0v) is 13.1. The third-order valence-electron chi connectivity index (χ3n) is 4.29. The molecule has 0 spiro atoms. The summed E-state index contributed by atoms with van der Waals surface area (Å²) < 4.78 is 4.42. The first-order valence-corrected chi connectivity index (χ1v) is 7.57. The Bertz CT molecular complexity index is 384. The van der Waals surface area contributed by atoms with Crippen molar-refractivity contribution in [3.63, 3.8) is 0 Å². The minimum absolute atomic E-state index is 0.0828. The molecule has 0 aromatic carbocycles. The van der Waals surface area contributed by atoms with Crippen LogP contribution in [0.25, 0.3) is 0 Å². The van der Waals surface area contributed by atoms with Gasteiger partial charge < -0.3 is 15.4 Å². The minimum Gasteiger partial charge on any atom is -0.468 e. The van der Waals surface area contributed by atoms with Gasteiger partial charge in [-0.05, 0) is 18.3 Å². The summed E-state index contributed by atoms with van der Waals surface area (Å²) in [7, 11) is 1.26. The molecule has 2 N–H and O–H groups in total. The predicted octanol–water partition coefficient (Wildman–Crippen LogP) is 0.997. The van der Waals surface area contributed by atoms with Crippen molar-refractivity contribution in [2.75, 3.05) is 13.7 Å². The second-order valence-corrected chi connectivity index (χ2v) is 5.79. The molecular weight excluding hydrogens is 272 g/mol. The van der Waals surface area contributed by atoms with Crippen LogP contribution in [0.1, 0.15) is 46.0 Å². The van der Waals surface area contributed by atoms with Crippen molar-refractivity contribution >= 4 is 17.8 Å². The van der Waals surface area contributed by atoms with Crippen LogP contribution in [0, 0.1) is 11.8 Å². The fraction of sp³-hybridized carbons (Fsp3) is 0.800. The lowest BCUT2D eigenvalue weighted by Crippen LogP contribution is -2.44. The highest BCUT2D eigenvalue weighted by Crippen LogP contribution is 2.29. The van der Waals surface area contributed by atoms with Crippen LogP contribution in [-0.2, 0) is 19.1 Å². The highest BCUT2D eigenvalue weighted by atomic mass is 16.5. The van der Waals surface area contributed by atoms with Gasteiger partial charge in [0.25, 0.3) is 0 Å². The molecule has 1 aliphatic rings. The molecule has 0 heterocycles. The summed E-state index contributed by atoms with van der Waals surface area (Å²) in [6.45, 7) is 4.22. The Labute approximate surface area is 126 Å². The first-order valence-electron chi connectivity index (χ1n) is 7.57. The highest BCUT2D eigenvalue weighted by molar-refractivity contribution is 5.86. The first-order chi connectivity index (χ1) is 9.93. The minimum atomic E-state index is -0.502. The van der Waals surface area contributed by atoms with Crippen molar-refractivity contribution in [2.45, 2.75) is 52.0 Å². The van der Waals surface area contributed by atoms with E-state index in [2.05, 4.69) is 29.2 Å². The van der Waals surface area contributed by atoms with Crippen molar-refractivity contribution in [1.82, 2.24) is 10.6 Å². The van der Waals surface area contributed by atoms with Crippen LogP contribution in [0.4, 0.5) is 0 Å². The number of carbonyl (C=O) groups excluding carboxylic acids is 3. The molecule has 0 bridgehead atoms. The number of methoxy groups -OCH3 is 1. The van der Waals surface area contributed by atoms with E-state index in [1.807, 2.05) is 0 Å². The first kappa shape index (κ1) is 17.5. The zero-order chi connectivity index (χ0) is 15.8. The van der Waals surface area contributed by atoms with Gasteiger partial charge in [0.2, 0.25) is 11.8 Å². The van der Waals surface area contributed by atoms with E-state index in [0.717, 1.165) is 12.8 Å². The summed E-state index contributed by atoms with van der Waals surface area (Å²) in [5, 5.41) is 5.43. The van der Waals surface area contributed by atoms with Gasteiger partial charge in [-0.2, -0.15) is 0 Å². The number of hydrogen-bond donors (Lipinski definition) is 2. The maximum absolute atomic E-state index is 11.9. The van der Waals surface area contributed by atoms with Crippen LogP contribution < -0.4 is 10.6 Å². The molecule has 1 saturated carbocycles. The monoisotopic (exact) mass is 298 g/mol. The molecule has 120 valence electrons. The summed E-state index contributed by atoms with van der Waals surface area (Å²) in [5.41, 5.74) is 0. The third kappa shape index (κ3) is 6.14. The summed E-state index contributed by atoms with van der Waals surface area (Å²) in [4.78, 5) is 34.2. The van der Waals surface area contributed by atoms with E-state index in [4.69, 9.17) is 0 Å². The Morgan fingerprint density at radius 1 is 1.10 bits per heavy atom. The number of amides is 2. The maximum Gasteiger partial charge on any atom is 0.325 e. The highest BCUT2D eigenvalue weighted by Gasteiger charge is 2.28. The van der Waals surface area contributed by atoms with Gasteiger partial charge >= 0.3 is 5.97 Å². The van der Waals surface area contributed by atoms with Gasteiger partial charge in [-0.1, -0.05) is 26.7 Å². The topological polar surface area (TPSA) is 84.5 Å². The molecule has 0 aromatic heterocycles. The normalized spacial score (nSPS) is 25.0. The van der Waals surface area contributed by atoms with Gasteiger partial charge in [0, 0.05) is 18.9 Å². The molecule has 0 aromatic rings. The third-order valence-corrected chi connectivity index (χ3v) is 4.29. The number of esters is 1. The lowest BCUT2D eigenvalue weighted by molar-refractivity contribution is -0.141. The molecule has 2 amide bonds. The number of nitrogens with one attached hydrogen (secondary N) is 2. The van der Waals surface area contributed by atoms with E-state index in [9.17, 15) is 14.4 Å². The number of rotatable bonds is 6. The molecule has 0 aliphatic heterocycles. The average Bonchev–Trinajstić information content (AvgIpc) is 2.47. The molecule has 0 radical (unpaired) electrons. The molecule has 6 heteroatoms. The van der Waals surface area contributed by atoms with Gasteiger partial charge in [0.05, 0.1) is 7.11 Å². The number of hydrogen-bond acceptors (Lipinski definition) is 4. The Balaban J connectivity index is 2.24. The molecule has 3 atom stereocenters. The smallest absolute Gasteiger partial charge is 0.325 e. The largest absolute Gasteiger partial charge is 0.468 e. The SMILES string of the molecule is COC(=O)CNC(=O)CCC(=O)N[C@H]1CCC[C@@H](C)[C@H]1C. The Kier molecular flexibility index (Phi) is 7.19. The van der Waals surface area contributed by atoms with E-state index >= 15 is 0 Å². The fourth-order valence-electron chi connectivity index (χ4n) is 2.62. The summed E-state index contributed by atoms with van der Waals surface area (Å²) in [6.07, 6.45) is 3.58. The van der Waals surface area contributed by atoms with E-state index in [1.54, 1.807) is 0 Å². The summed E-state index contributed by atoms with van der Waals surface area (Å²) in [5.74, 6) is 0.163. The van der Waals surface area contributed by atoms with Crippen molar-refractivity contribution in [3.05, 3.63) is 0 Å². The molecule has 6 nitrogen and oxygen atoms in total. The van der Waals surface area contributed by atoms with Crippen LogP contribution in [-0.4, -0.2) is 37.5 Å². The molecule has 1 fully saturated rings. The van der Waals surface area contributed by atoms with Crippen LogP contribution in [0.2, 0.25) is 0 Å². The summed E-state index contributed by atoms with van der Waals surface area (Å²) >= 11 is 0. The van der Waals surface area contributed by atoms with Gasteiger partial charge in [-0.15, -0.1) is 0 Å². The van der Waals surface area contributed by atoms with Crippen molar-refractivity contribution in [2.24, 2.45) is 11.8 Å². The molecular formula is C15H26N2O4. The Morgan fingerprint density at radius 2 is 1.76 bits per heavy atom. The average molecular weight is 298 g/mol. The Morgan fingerprint density at radius 3 is 2.43 bits per heavy atom. The summed E-state index contributed by atoms with van der Waals surface area (Å²) in [6, 6.07) is 0.208. The van der Waals surface area contributed by atoms with Crippen LogP contribution >= 0.6 is 0 Å². The lowest BCUT2D eigenvalue weighted by Gasteiger charge is -2.34. The van der Waals surface area contributed by atoms with Gasteiger partial charge in [0.1, 0.15) is 6.54 Å². The second kappa shape index (κ2) is 8.64. The van der Waals surface area contributed by atoms with Gasteiger partial charge in [-0.25, -0.2) is 0 Å². The fourth-order valence-corrected chi connectivity index (χ4v) is 2.62. The molecule has 1 rings (SSSR count). The van der Waals surface area contributed by atoms with Crippen molar-refractivity contribution < 1.29 is 19.1 Å². The van der Waals surface area contributed by atoms with E-state index in [-0.39, 0.29) is 37.2 Å². The van der Waals surface area contributed by atoms with Crippen molar-refractivity contribution in [3.8, 4) is 0 Å². The predicted molar refractivity (Wildman–Crippen MR) is 78.4 cm³/mol. The molecule has 21 heavy (non-hydrogen) atoms.